The summed E-state index contributed by atoms with van der Waals surface area (Å²) < 4.78 is 30.2. The Balaban J connectivity index is 1.73. The van der Waals surface area contributed by atoms with E-state index in [1.165, 1.54) is 4.90 Å². The molecule has 3 heterocycles. The molecule has 4 rings (SSSR count). The third-order valence-electron chi connectivity index (χ3n) is 13.0. The van der Waals surface area contributed by atoms with Crippen LogP contribution < -0.4 is 0 Å². The minimum absolute atomic E-state index is 0.0494. The molecule has 3 fully saturated rings. The van der Waals surface area contributed by atoms with E-state index in [0.29, 0.717) is 64.3 Å². The number of carbonyl (C=O) groups is 3. The number of methoxy groups -OCH3 is 3. The van der Waals surface area contributed by atoms with Crippen molar-refractivity contribution in [1.82, 2.24) is 4.90 Å². The van der Waals surface area contributed by atoms with Gasteiger partial charge in [0.1, 0.15) is 24.0 Å². The highest BCUT2D eigenvalue weighted by molar-refractivity contribution is 5.85. The van der Waals surface area contributed by atoms with Gasteiger partial charge in [-0.25, -0.2) is 4.79 Å². The number of fused-ring (bicyclic) bond motifs is 3. The normalized spacial score (nSPS) is 42.1. The highest BCUT2D eigenvalue weighted by atomic mass is 16.7. The Kier molecular flexibility index (Phi) is 16.9. The summed E-state index contributed by atoms with van der Waals surface area (Å²) >= 11 is 0. The van der Waals surface area contributed by atoms with Gasteiger partial charge in [0.05, 0.1) is 36.9 Å². The van der Waals surface area contributed by atoms with Gasteiger partial charge in [-0.3, -0.25) is 9.59 Å². The second kappa shape index (κ2) is 20.5. The summed E-state index contributed by atoms with van der Waals surface area (Å²) in [5, 5.41) is 34.2. The molecule has 314 valence electrons. The van der Waals surface area contributed by atoms with Crippen LogP contribution in [0.2, 0.25) is 0 Å². The Bertz CT molecular complexity index is 1350. The van der Waals surface area contributed by atoms with Crippen LogP contribution >= 0.6 is 0 Å². The fourth-order valence-electron chi connectivity index (χ4n) is 9.47. The van der Waals surface area contributed by atoms with E-state index in [9.17, 15) is 29.7 Å². The molecule has 3 aliphatic heterocycles. The monoisotopic (exact) mass is 778 g/mol. The molecule has 0 aromatic heterocycles. The molecule has 1 amide bonds. The van der Waals surface area contributed by atoms with E-state index < -0.39 is 72.0 Å². The number of aliphatic hydroxyl groups is 3. The van der Waals surface area contributed by atoms with Crippen LogP contribution in [-0.2, 0) is 38.1 Å². The minimum atomic E-state index is -1.82. The molecule has 1 aliphatic carbocycles. The summed E-state index contributed by atoms with van der Waals surface area (Å²) in [7, 11) is 4.81. The van der Waals surface area contributed by atoms with Crippen LogP contribution in [0.3, 0.4) is 0 Å². The fourth-order valence-corrected chi connectivity index (χ4v) is 9.47. The van der Waals surface area contributed by atoms with Crippen LogP contribution in [0, 0.1) is 29.6 Å². The number of ether oxygens (including phenoxy) is 5. The number of allylic oxidation sites excluding steroid dienone is 3. The first kappa shape index (κ1) is 45.5. The number of hydrogen-bond acceptors (Lipinski definition) is 11. The average molecular weight is 778 g/mol. The third kappa shape index (κ3) is 11.5. The molecule has 0 radical (unpaired) electrons. The number of amides is 1. The predicted octanol–water partition coefficient (Wildman–Crippen LogP) is 5.29. The summed E-state index contributed by atoms with van der Waals surface area (Å²) in [5.41, 5.74) is 1.78. The van der Waals surface area contributed by atoms with Crippen molar-refractivity contribution in [3.05, 3.63) is 23.3 Å². The predicted molar refractivity (Wildman–Crippen MR) is 208 cm³/mol. The zero-order chi connectivity index (χ0) is 40.6. The molecule has 2 saturated heterocycles. The number of carbonyl (C=O) groups excluding carboxylic acids is 3. The number of Topliss-reactive ketones (excluding diaryl/α,β-unsaturated/α-hetero) is 1. The first-order valence-electron chi connectivity index (χ1n) is 20.8. The second-order valence-electron chi connectivity index (χ2n) is 17.2. The summed E-state index contributed by atoms with van der Waals surface area (Å²) in [6, 6.07) is -0.894. The molecule has 1 saturated carbocycles. The molecule has 3 N–H and O–H groups in total. The van der Waals surface area contributed by atoms with E-state index in [0.717, 1.165) is 17.6 Å². The van der Waals surface area contributed by atoms with Gasteiger partial charge in [-0.15, -0.1) is 0 Å². The first-order chi connectivity index (χ1) is 26.0. The SMILES string of the molecule is CC[C@@H]1/C=C(\C)C[C@H](C)CC(OC)[C@H]2O[C@](O)(CC(=O)N3CCCC[C@H]3C(=O)O[C@H](/C(C)=C/C3CC[C@@H](O)[C@H](OC)C3)[C@H](C)[C@@H](O)CC1=O)[C@H](C)C[C@@H]2OC. The Morgan fingerprint density at radius 3 is 2.25 bits per heavy atom. The van der Waals surface area contributed by atoms with Gasteiger partial charge in [0.2, 0.25) is 5.91 Å². The van der Waals surface area contributed by atoms with Crippen molar-refractivity contribution in [2.75, 3.05) is 27.9 Å². The molecule has 0 aromatic rings. The zero-order valence-electron chi connectivity index (χ0n) is 34.9. The zero-order valence-corrected chi connectivity index (χ0v) is 34.9. The van der Waals surface area contributed by atoms with Gasteiger partial charge in [-0.2, -0.15) is 0 Å². The summed E-state index contributed by atoms with van der Waals surface area (Å²) in [5.74, 6) is -4.20. The van der Waals surface area contributed by atoms with Crippen molar-refractivity contribution in [3.8, 4) is 0 Å². The molecule has 55 heavy (non-hydrogen) atoms. The Labute approximate surface area is 329 Å². The Hall–Kier alpha value is -2.19. The largest absolute Gasteiger partial charge is 0.456 e. The molecule has 12 nitrogen and oxygen atoms in total. The molecule has 4 aliphatic rings. The molecule has 0 aromatic carbocycles. The van der Waals surface area contributed by atoms with Gasteiger partial charge in [0.15, 0.2) is 5.79 Å². The fraction of sp³-hybridized carbons (Fsp3) is 0.837. The topological polar surface area (TPSA) is 161 Å². The number of esters is 1. The van der Waals surface area contributed by atoms with Crippen molar-refractivity contribution in [2.24, 2.45) is 29.6 Å². The number of piperidine rings is 1. The Morgan fingerprint density at radius 2 is 1.60 bits per heavy atom. The van der Waals surface area contributed by atoms with E-state index in [4.69, 9.17) is 23.7 Å². The smallest absolute Gasteiger partial charge is 0.329 e. The minimum Gasteiger partial charge on any atom is -0.456 e. The van der Waals surface area contributed by atoms with Crippen molar-refractivity contribution >= 4 is 17.7 Å². The van der Waals surface area contributed by atoms with E-state index in [-0.39, 0.29) is 42.7 Å². The molecule has 2 bridgehead atoms. The summed E-state index contributed by atoms with van der Waals surface area (Å²) in [6.07, 6.45) is 5.30. The van der Waals surface area contributed by atoms with Crippen LogP contribution in [0.25, 0.3) is 0 Å². The maximum absolute atomic E-state index is 14.3. The lowest BCUT2D eigenvalue weighted by atomic mass is 9.81. The van der Waals surface area contributed by atoms with E-state index in [1.807, 2.05) is 39.8 Å². The third-order valence-corrected chi connectivity index (χ3v) is 13.0. The van der Waals surface area contributed by atoms with Gasteiger partial charge in [-0.05, 0) is 95.5 Å². The van der Waals surface area contributed by atoms with Gasteiger partial charge in [0, 0.05) is 52.0 Å². The molecule has 2 unspecified atom stereocenters. The van der Waals surface area contributed by atoms with Crippen LogP contribution in [0.1, 0.15) is 119 Å². The van der Waals surface area contributed by atoms with Gasteiger partial charge < -0.3 is 43.9 Å². The van der Waals surface area contributed by atoms with Gasteiger partial charge in [-0.1, -0.05) is 45.4 Å². The van der Waals surface area contributed by atoms with E-state index >= 15 is 0 Å². The molecule has 0 spiro atoms. The van der Waals surface area contributed by atoms with Crippen LogP contribution in [0.5, 0.6) is 0 Å². The quantitative estimate of drug-likeness (QED) is 0.237. The molecular formula is C43H71NO11. The number of rotatable bonds is 6. The lowest BCUT2D eigenvalue weighted by Crippen LogP contribution is -2.59. The number of ketones is 1. The van der Waals surface area contributed by atoms with E-state index in [2.05, 4.69) is 6.92 Å². The maximum Gasteiger partial charge on any atom is 0.329 e. The molecule has 12 heteroatoms. The number of nitrogens with zero attached hydrogens (tertiary/aromatic N) is 1. The summed E-state index contributed by atoms with van der Waals surface area (Å²) in [6.45, 7) is 11.9. The second-order valence-corrected chi connectivity index (χ2v) is 17.2. The van der Waals surface area contributed by atoms with Crippen LogP contribution in [-0.4, -0.2) is 120 Å². The van der Waals surface area contributed by atoms with Crippen molar-refractivity contribution in [3.63, 3.8) is 0 Å². The number of aliphatic hydroxyl groups excluding tert-OH is 2. The first-order valence-corrected chi connectivity index (χ1v) is 20.8. The van der Waals surface area contributed by atoms with Crippen molar-refractivity contribution < 1.29 is 53.4 Å². The number of cyclic esters (lactones) is 1. The highest BCUT2D eigenvalue weighted by Gasteiger charge is 2.51. The Morgan fingerprint density at radius 1 is 0.927 bits per heavy atom. The lowest BCUT2D eigenvalue weighted by Gasteiger charge is -2.48. The summed E-state index contributed by atoms with van der Waals surface area (Å²) in [4.78, 5) is 43.8. The highest BCUT2D eigenvalue weighted by Crippen LogP contribution is 2.40. The van der Waals surface area contributed by atoms with Crippen LogP contribution in [0.15, 0.2) is 23.3 Å². The average Bonchev–Trinajstić information content (AvgIpc) is 3.15. The van der Waals surface area contributed by atoms with Crippen LogP contribution in [0.4, 0.5) is 0 Å². The molecule has 14 atom stereocenters. The van der Waals surface area contributed by atoms with Crippen molar-refractivity contribution in [2.45, 2.75) is 173 Å². The lowest BCUT2D eigenvalue weighted by molar-refractivity contribution is -0.321. The van der Waals surface area contributed by atoms with E-state index in [1.54, 1.807) is 28.3 Å². The number of hydrogen-bond donors (Lipinski definition) is 3. The van der Waals surface area contributed by atoms with Gasteiger partial charge >= 0.3 is 5.97 Å². The standard InChI is InChI=1S/C43H71NO11/c1-10-31-18-25(2)17-26(3)19-37(52-8)41-38(53-9)21-28(5)43(50,55-41)24-39(48)44-16-12-11-13-32(44)42(49)54-40(29(6)34(46)23-35(31)47)27(4)20-30-14-15-33(45)36(22-30)51-7/h18,20,26,28-34,36-38,40-41,45-46,50H,10-17,19,21-24H2,1-9H3/b25-18+,27-20+/t26-,28+,29+,30?,31+,32-,33+,34-,36+,37?,38-,40+,41+,43+/m0/s1. The van der Waals surface area contributed by atoms with Gasteiger partial charge in [0.25, 0.3) is 0 Å². The molecular weight excluding hydrogens is 706 g/mol. The van der Waals surface area contributed by atoms with Crippen molar-refractivity contribution in [1.29, 1.82) is 0 Å². The maximum atomic E-state index is 14.3.